The fourth-order valence-electron chi connectivity index (χ4n) is 4.34. The highest BCUT2D eigenvalue weighted by molar-refractivity contribution is 5.88. The Labute approximate surface area is 178 Å². The molecule has 0 radical (unpaired) electrons. The van der Waals surface area contributed by atoms with Gasteiger partial charge in [-0.1, -0.05) is 71.9 Å². The molecular formula is C23H36F3NO3. The van der Waals surface area contributed by atoms with Gasteiger partial charge in [-0.15, -0.1) is 0 Å². The third-order valence-electron chi connectivity index (χ3n) is 5.26. The van der Waals surface area contributed by atoms with E-state index in [0.29, 0.717) is 12.8 Å². The molecule has 4 nitrogen and oxygen atoms in total. The minimum Gasteiger partial charge on any atom is -0.388 e. The Hall–Kier alpha value is -1.60. The number of amides is 1. The van der Waals surface area contributed by atoms with Gasteiger partial charge in [-0.2, -0.15) is 13.2 Å². The number of benzene rings is 1. The molecule has 0 aliphatic rings. The second kappa shape index (κ2) is 10.1. The average Bonchev–Trinajstić information content (AvgIpc) is 2.58. The lowest BCUT2D eigenvalue weighted by molar-refractivity contribution is -0.266. The molecule has 1 amide bonds. The van der Waals surface area contributed by atoms with Gasteiger partial charge >= 0.3 is 6.18 Å². The molecule has 7 heteroatoms. The van der Waals surface area contributed by atoms with Crippen LogP contribution < -0.4 is 5.32 Å². The van der Waals surface area contributed by atoms with E-state index in [-0.39, 0.29) is 23.3 Å². The summed E-state index contributed by atoms with van der Waals surface area (Å²) in [6.45, 7) is 11.3. The zero-order valence-electron chi connectivity index (χ0n) is 19.0. The van der Waals surface area contributed by atoms with Gasteiger partial charge in [0.25, 0.3) is 11.5 Å². The van der Waals surface area contributed by atoms with Crippen molar-refractivity contribution in [2.75, 3.05) is 7.11 Å². The van der Waals surface area contributed by atoms with Crippen molar-refractivity contribution in [3.05, 3.63) is 35.9 Å². The second-order valence-electron chi connectivity index (χ2n) is 9.24. The predicted octanol–water partition coefficient (Wildman–Crippen LogP) is 5.05. The van der Waals surface area contributed by atoms with E-state index in [1.807, 2.05) is 27.7 Å². The molecule has 0 bridgehead atoms. The fourth-order valence-corrected chi connectivity index (χ4v) is 4.34. The van der Waals surface area contributed by atoms with Crippen LogP contribution in [-0.2, 0) is 15.1 Å². The van der Waals surface area contributed by atoms with Crippen LogP contribution in [0.3, 0.4) is 0 Å². The Kier molecular flexibility index (Phi) is 8.93. The lowest BCUT2D eigenvalue weighted by Crippen LogP contribution is -2.63. The van der Waals surface area contributed by atoms with Gasteiger partial charge in [0, 0.05) is 12.7 Å². The molecule has 0 spiro atoms. The quantitative estimate of drug-likeness (QED) is 0.545. The summed E-state index contributed by atoms with van der Waals surface area (Å²) in [5.74, 6) is -1.44. The van der Waals surface area contributed by atoms with Crippen molar-refractivity contribution in [3.8, 4) is 0 Å². The van der Waals surface area contributed by atoms with E-state index in [0.717, 1.165) is 7.11 Å². The number of nitrogens with one attached hydrogen (secondary N) is 1. The van der Waals surface area contributed by atoms with Gasteiger partial charge in [0.2, 0.25) is 0 Å². The Morgan fingerprint density at radius 3 is 1.80 bits per heavy atom. The van der Waals surface area contributed by atoms with Crippen LogP contribution in [0.15, 0.2) is 30.3 Å². The van der Waals surface area contributed by atoms with Crippen molar-refractivity contribution in [1.29, 1.82) is 0 Å². The first-order valence-electron chi connectivity index (χ1n) is 10.4. The largest absolute Gasteiger partial charge is 0.430 e. The summed E-state index contributed by atoms with van der Waals surface area (Å²) in [5.41, 5.74) is -4.83. The highest BCUT2D eigenvalue weighted by Crippen LogP contribution is 2.43. The number of aliphatic hydroxyl groups is 1. The fraction of sp³-hybridized carbons (Fsp3) is 0.696. The van der Waals surface area contributed by atoms with Crippen molar-refractivity contribution >= 4 is 5.91 Å². The summed E-state index contributed by atoms with van der Waals surface area (Å²) in [4.78, 5) is 13.2. The van der Waals surface area contributed by atoms with E-state index in [1.165, 1.54) is 24.3 Å². The molecule has 1 aromatic carbocycles. The number of hydrogen-bond acceptors (Lipinski definition) is 3. The average molecular weight is 432 g/mol. The van der Waals surface area contributed by atoms with Crippen molar-refractivity contribution in [2.45, 2.75) is 77.8 Å². The maximum atomic E-state index is 14.2. The van der Waals surface area contributed by atoms with E-state index in [4.69, 9.17) is 4.74 Å². The molecule has 0 aliphatic carbocycles. The van der Waals surface area contributed by atoms with Crippen LogP contribution in [0, 0.1) is 17.8 Å². The number of ether oxygens (including phenoxy) is 1. The van der Waals surface area contributed by atoms with Crippen molar-refractivity contribution in [1.82, 2.24) is 5.32 Å². The van der Waals surface area contributed by atoms with Crippen LogP contribution >= 0.6 is 0 Å². The molecule has 0 fully saturated rings. The van der Waals surface area contributed by atoms with Crippen LogP contribution in [0.4, 0.5) is 13.2 Å². The lowest BCUT2D eigenvalue weighted by Gasteiger charge is -2.43. The number of alkyl halides is 3. The molecule has 1 rings (SSSR count). The minimum atomic E-state index is -5.00. The zero-order valence-corrected chi connectivity index (χ0v) is 19.0. The third kappa shape index (κ3) is 5.76. The molecule has 30 heavy (non-hydrogen) atoms. The number of halogens is 3. The summed E-state index contributed by atoms with van der Waals surface area (Å²) in [7, 11) is 0.874. The molecule has 0 heterocycles. The smallest absolute Gasteiger partial charge is 0.388 e. The van der Waals surface area contributed by atoms with Crippen molar-refractivity contribution in [3.63, 3.8) is 0 Å². The first-order valence-corrected chi connectivity index (χ1v) is 10.4. The SMILES string of the molecule is CO[C@@](C(=O)N[C@@H](C(C)C)C(O)(CC(C)C)CC(C)C)(c1ccccc1)C(F)(F)F. The topological polar surface area (TPSA) is 58.6 Å². The van der Waals surface area contributed by atoms with Gasteiger partial charge in [-0.25, -0.2) is 0 Å². The van der Waals surface area contributed by atoms with Crippen molar-refractivity contribution < 1.29 is 27.8 Å². The van der Waals surface area contributed by atoms with E-state index in [1.54, 1.807) is 19.9 Å². The van der Waals surface area contributed by atoms with Crippen LogP contribution in [0.25, 0.3) is 0 Å². The number of carbonyl (C=O) groups is 1. The maximum Gasteiger partial charge on any atom is 0.430 e. The molecule has 172 valence electrons. The van der Waals surface area contributed by atoms with E-state index in [9.17, 15) is 23.1 Å². The highest BCUT2D eigenvalue weighted by Gasteiger charge is 2.63. The Morgan fingerprint density at radius 1 is 1.00 bits per heavy atom. The summed E-state index contributed by atoms with van der Waals surface area (Å²) >= 11 is 0. The summed E-state index contributed by atoms with van der Waals surface area (Å²) in [5, 5.41) is 14.0. The van der Waals surface area contributed by atoms with Gasteiger partial charge in [0.15, 0.2) is 0 Å². The van der Waals surface area contributed by atoms with Crippen LogP contribution in [-0.4, -0.2) is 35.9 Å². The Bertz CT molecular complexity index is 664. The first-order chi connectivity index (χ1) is 13.7. The monoisotopic (exact) mass is 431 g/mol. The minimum absolute atomic E-state index is 0.0934. The van der Waals surface area contributed by atoms with Gasteiger partial charge in [0.05, 0.1) is 11.6 Å². The molecule has 2 atom stereocenters. The molecule has 0 aromatic heterocycles. The van der Waals surface area contributed by atoms with Gasteiger partial charge in [0.1, 0.15) is 0 Å². The van der Waals surface area contributed by atoms with E-state index < -0.39 is 29.3 Å². The van der Waals surface area contributed by atoms with Gasteiger partial charge in [-0.05, 0) is 30.6 Å². The van der Waals surface area contributed by atoms with Gasteiger partial charge < -0.3 is 15.2 Å². The molecule has 0 aliphatic heterocycles. The second-order valence-corrected chi connectivity index (χ2v) is 9.24. The number of carbonyl (C=O) groups excluding carboxylic acids is 1. The summed E-state index contributed by atoms with van der Waals surface area (Å²) in [6.07, 6.45) is -4.29. The molecular weight excluding hydrogens is 395 g/mol. The summed E-state index contributed by atoms with van der Waals surface area (Å²) < 4.78 is 47.6. The lowest BCUT2D eigenvalue weighted by atomic mass is 9.75. The summed E-state index contributed by atoms with van der Waals surface area (Å²) in [6, 6.07) is 5.98. The Balaban J connectivity index is 3.48. The number of rotatable bonds is 10. The van der Waals surface area contributed by atoms with Gasteiger partial charge in [-0.3, -0.25) is 4.79 Å². The molecule has 0 saturated carbocycles. The predicted molar refractivity (Wildman–Crippen MR) is 112 cm³/mol. The zero-order chi connectivity index (χ0) is 23.3. The molecule has 1 aromatic rings. The van der Waals surface area contributed by atoms with E-state index >= 15 is 0 Å². The Morgan fingerprint density at radius 2 is 1.47 bits per heavy atom. The number of hydrogen-bond donors (Lipinski definition) is 2. The van der Waals surface area contributed by atoms with Crippen LogP contribution in [0.5, 0.6) is 0 Å². The molecule has 0 saturated heterocycles. The maximum absolute atomic E-state index is 14.2. The highest BCUT2D eigenvalue weighted by atomic mass is 19.4. The normalized spacial score (nSPS) is 16.1. The molecule has 0 unspecified atom stereocenters. The van der Waals surface area contributed by atoms with Crippen molar-refractivity contribution in [2.24, 2.45) is 17.8 Å². The molecule has 2 N–H and O–H groups in total. The third-order valence-corrected chi connectivity index (χ3v) is 5.26. The van der Waals surface area contributed by atoms with Crippen LogP contribution in [0.2, 0.25) is 0 Å². The standard InChI is InChI=1S/C23H36F3NO3/c1-15(2)13-21(29,14-16(3)4)19(17(5)6)27-20(28)22(30-7,23(24,25)26)18-11-9-8-10-12-18/h8-12,15-17,19,29H,13-14H2,1-7H3,(H,27,28)/t19-,22+/m0/s1. The first kappa shape index (κ1) is 26.4. The van der Waals surface area contributed by atoms with Crippen LogP contribution in [0.1, 0.15) is 59.9 Å². The number of methoxy groups -OCH3 is 1. The van der Waals surface area contributed by atoms with E-state index in [2.05, 4.69) is 5.32 Å².